The lowest BCUT2D eigenvalue weighted by molar-refractivity contribution is 0.154. The molecule has 0 bridgehead atoms. The first-order valence-corrected chi connectivity index (χ1v) is 5.77. The van der Waals surface area contributed by atoms with E-state index < -0.39 is 0 Å². The van der Waals surface area contributed by atoms with Crippen LogP contribution in [0.4, 0.5) is 0 Å². The summed E-state index contributed by atoms with van der Waals surface area (Å²) in [6.07, 6.45) is 2.61. The second-order valence-electron chi connectivity index (χ2n) is 5.25. The third-order valence-corrected chi connectivity index (χ3v) is 2.86. The van der Waals surface area contributed by atoms with Crippen molar-refractivity contribution in [1.82, 2.24) is 9.80 Å². The number of likely N-dealkylation sites (N-methyl/N-ethyl adjacent to an activating group) is 2. The van der Waals surface area contributed by atoms with Crippen LogP contribution in [0.1, 0.15) is 40.5 Å². The average molecular weight is 200 g/mol. The van der Waals surface area contributed by atoms with Crippen molar-refractivity contribution in [1.29, 1.82) is 0 Å². The Bertz CT molecular complexity index is 138. The Labute approximate surface area is 90.3 Å². The van der Waals surface area contributed by atoms with Gasteiger partial charge in [0.2, 0.25) is 0 Å². The predicted molar refractivity (Wildman–Crippen MR) is 64.8 cm³/mol. The Morgan fingerprint density at radius 1 is 0.929 bits per heavy atom. The zero-order valence-corrected chi connectivity index (χ0v) is 10.9. The first-order chi connectivity index (χ1) is 6.38. The van der Waals surface area contributed by atoms with Crippen molar-refractivity contribution in [2.24, 2.45) is 0 Å². The van der Waals surface area contributed by atoms with Crippen LogP contribution in [0.15, 0.2) is 0 Å². The quantitative estimate of drug-likeness (QED) is 0.650. The fourth-order valence-electron chi connectivity index (χ4n) is 1.20. The lowest BCUT2D eigenvalue weighted by atomic mass is 10.1. The molecule has 0 aliphatic rings. The monoisotopic (exact) mass is 200 g/mol. The van der Waals surface area contributed by atoms with Gasteiger partial charge in [0.05, 0.1) is 0 Å². The van der Waals surface area contributed by atoms with E-state index in [0.29, 0.717) is 5.54 Å². The molecule has 0 saturated heterocycles. The normalized spacial score (nSPS) is 12.9. The van der Waals surface area contributed by atoms with Gasteiger partial charge in [-0.05, 0) is 47.8 Å². The molecule has 0 fully saturated rings. The van der Waals surface area contributed by atoms with Gasteiger partial charge in [0, 0.05) is 18.6 Å². The Balaban J connectivity index is 3.61. The lowest BCUT2D eigenvalue weighted by Gasteiger charge is -2.33. The lowest BCUT2D eigenvalue weighted by Crippen LogP contribution is -2.42. The molecule has 86 valence electrons. The smallest absolute Gasteiger partial charge is 0.0122 e. The summed E-state index contributed by atoms with van der Waals surface area (Å²) in [6.45, 7) is 12.6. The summed E-state index contributed by atoms with van der Waals surface area (Å²) in [6, 6.07) is 0. The zero-order chi connectivity index (χ0) is 11.2. The topological polar surface area (TPSA) is 6.48 Å². The van der Waals surface area contributed by atoms with Crippen molar-refractivity contribution in [2.75, 3.05) is 33.7 Å². The molecule has 0 aromatic carbocycles. The highest BCUT2D eigenvalue weighted by Crippen LogP contribution is 2.09. The summed E-state index contributed by atoms with van der Waals surface area (Å²) in [7, 11) is 4.42. The largest absolute Gasteiger partial charge is 0.305 e. The van der Waals surface area contributed by atoms with Crippen LogP contribution < -0.4 is 0 Å². The van der Waals surface area contributed by atoms with Gasteiger partial charge < -0.3 is 9.80 Å². The minimum atomic E-state index is 0.297. The molecule has 0 rings (SSSR count). The van der Waals surface area contributed by atoms with E-state index in [2.05, 4.69) is 51.6 Å². The van der Waals surface area contributed by atoms with Crippen LogP contribution in [-0.2, 0) is 0 Å². The molecule has 0 aromatic heterocycles. The van der Waals surface area contributed by atoms with E-state index in [0.717, 1.165) is 6.54 Å². The third-order valence-electron chi connectivity index (χ3n) is 2.86. The summed E-state index contributed by atoms with van der Waals surface area (Å²) in [4.78, 5) is 4.83. The standard InChI is InChI=1S/C12H28N2/c1-7-8-9-13(5)10-11-14(6)12(2,3)4/h7-11H2,1-6H3. The Hall–Kier alpha value is -0.0800. The van der Waals surface area contributed by atoms with E-state index in [1.807, 2.05) is 0 Å². The van der Waals surface area contributed by atoms with E-state index >= 15 is 0 Å². The van der Waals surface area contributed by atoms with Crippen LogP contribution in [0.5, 0.6) is 0 Å². The summed E-state index contributed by atoms with van der Waals surface area (Å²) in [5.74, 6) is 0. The van der Waals surface area contributed by atoms with Gasteiger partial charge in [-0.2, -0.15) is 0 Å². The van der Waals surface area contributed by atoms with Crippen molar-refractivity contribution < 1.29 is 0 Å². The van der Waals surface area contributed by atoms with Gasteiger partial charge in [0.1, 0.15) is 0 Å². The molecule has 0 N–H and O–H groups in total. The molecule has 0 aromatic rings. The molecular weight excluding hydrogens is 172 g/mol. The minimum absolute atomic E-state index is 0.297. The zero-order valence-electron chi connectivity index (χ0n) is 10.9. The summed E-state index contributed by atoms with van der Waals surface area (Å²) in [5.41, 5.74) is 0.297. The van der Waals surface area contributed by atoms with Crippen molar-refractivity contribution in [3.63, 3.8) is 0 Å². The third kappa shape index (κ3) is 6.39. The van der Waals surface area contributed by atoms with Gasteiger partial charge in [-0.15, -0.1) is 0 Å². The molecule has 0 atom stereocenters. The van der Waals surface area contributed by atoms with Crippen LogP contribution in [-0.4, -0.2) is 49.1 Å². The predicted octanol–water partition coefficient (Wildman–Crippen LogP) is 2.45. The van der Waals surface area contributed by atoms with Gasteiger partial charge in [0.25, 0.3) is 0 Å². The highest BCUT2D eigenvalue weighted by Gasteiger charge is 2.16. The molecule has 2 nitrogen and oxygen atoms in total. The number of rotatable bonds is 6. The first-order valence-electron chi connectivity index (χ1n) is 5.77. The summed E-state index contributed by atoms with van der Waals surface area (Å²) >= 11 is 0. The molecule has 0 unspecified atom stereocenters. The fraction of sp³-hybridized carbons (Fsp3) is 1.00. The van der Waals surface area contributed by atoms with Crippen LogP contribution in [0.3, 0.4) is 0 Å². The molecule has 14 heavy (non-hydrogen) atoms. The summed E-state index contributed by atoms with van der Waals surface area (Å²) in [5, 5.41) is 0. The second kappa shape index (κ2) is 6.41. The van der Waals surface area contributed by atoms with E-state index in [1.165, 1.54) is 25.9 Å². The van der Waals surface area contributed by atoms with Gasteiger partial charge in [-0.1, -0.05) is 13.3 Å². The number of hydrogen-bond acceptors (Lipinski definition) is 2. The van der Waals surface area contributed by atoms with E-state index in [-0.39, 0.29) is 0 Å². The highest BCUT2D eigenvalue weighted by molar-refractivity contribution is 4.73. The van der Waals surface area contributed by atoms with E-state index in [1.54, 1.807) is 0 Å². The molecule has 0 aliphatic carbocycles. The van der Waals surface area contributed by atoms with Gasteiger partial charge in [-0.3, -0.25) is 0 Å². The molecule has 2 heteroatoms. The van der Waals surface area contributed by atoms with Crippen LogP contribution >= 0.6 is 0 Å². The first kappa shape index (κ1) is 13.9. The van der Waals surface area contributed by atoms with Crippen LogP contribution in [0.2, 0.25) is 0 Å². The van der Waals surface area contributed by atoms with E-state index in [9.17, 15) is 0 Å². The Kier molecular flexibility index (Phi) is 6.38. The maximum atomic E-state index is 2.42. The SMILES string of the molecule is CCCCN(C)CCN(C)C(C)(C)C. The minimum Gasteiger partial charge on any atom is -0.305 e. The van der Waals surface area contributed by atoms with Crippen molar-refractivity contribution >= 4 is 0 Å². The van der Waals surface area contributed by atoms with Gasteiger partial charge in [-0.25, -0.2) is 0 Å². The van der Waals surface area contributed by atoms with Crippen molar-refractivity contribution in [2.45, 2.75) is 46.1 Å². The van der Waals surface area contributed by atoms with Crippen LogP contribution in [0.25, 0.3) is 0 Å². The molecule has 0 radical (unpaired) electrons. The molecule has 0 heterocycles. The molecule has 0 aliphatic heterocycles. The molecular formula is C12H28N2. The maximum Gasteiger partial charge on any atom is 0.0122 e. The Morgan fingerprint density at radius 3 is 1.93 bits per heavy atom. The number of nitrogens with zero attached hydrogens (tertiary/aromatic N) is 2. The van der Waals surface area contributed by atoms with Crippen molar-refractivity contribution in [3.8, 4) is 0 Å². The second-order valence-corrected chi connectivity index (χ2v) is 5.25. The summed E-state index contributed by atoms with van der Waals surface area (Å²) < 4.78 is 0. The van der Waals surface area contributed by atoms with Gasteiger partial charge in [0.15, 0.2) is 0 Å². The number of unbranched alkanes of at least 4 members (excludes halogenated alkanes) is 1. The fourth-order valence-corrected chi connectivity index (χ4v) is 1.20. The average Bonchev–Trinajstić information content (AvgIpc) is 2.09. The van der Waals surface area contributed by atoms with Crippen LogP contribution in [0, 0.1) is 0 Å². The van der Waals surface area contributed by atoms with E-state index in [4.69, 9.17) is 0 Å². The Morgan fingerprint density at radius 2 is 1.50 bits per heavy atom. The van der Waals surface area contributed by atoms with Gasteiger partial charge >= 0.3 is 0 Å². The molecule has 0 saturated carbocycles. The maximum absolute atomic E-state index is 2.42. The molecule has 0 spiro atoms. The molecule has 0 amide bonds. The highest BCUT2D eigenvalue weighted by atomic mass is 15.2. The number of hydrogen-bond donors (Lipinski definition) is 0. The van der Waals surface area contributed by atoms with Crippen molar-refractivity contribution in [3.05, 3.63) is 0 Å².